The first-order valence-electron chi connectivity index (χ1n) is 11.4. The molecule has 2 rings (SSSR count). The van der Waals surface area contributed by atoms with Gasteiger partial charge in [-0.2, -0.15) is 10.5 Å². The van der Waals surface area contributed by atoms with Gasteiger partial charge in [-0.3, -0.25) is 10.1 Å². The first-order chi connectivity index (χ1) is 17.2. The van der Waals surface area contributed by atoms with Gasteiger partial charge >= 0.3 is 0 Å². The second-order valence-corrected chi connectivity index (χ2v) is 8.25. The van der Waals surface area contributed by atoms with Gasteiger partial charge in [0.1, 0.15) is 29.3 Å². The molecule has 0 aliphatic heterocycles. The predicted octanol–water partition coefficient (Wildman–Crippen LogP) is 5.42. The van der Waals surface area contributed by atoms with Crippen LogP contribution in [0.1, 0.15) is 38.8 Å². The van der Waals surface area contributed by atoms with Crippen LogP contribution in [0.3, 0.4) is 0 Å². The van der Waals surface area contributed by atoms with E-state index in [0.717, 1.165) is 17.8 Å². The fourth-order valence-electron chi connectivity index (χ4n) is 3.22. The number of nitro groups is 1. The highest BCUT2D eigenvalue weighted by atomic mass is 16.6. The normalized spacial score (nSPS) is 11.0. The highest BCUT2D eigenvalue weighted by Crippen LogP contribution is 2.35. The maximum atomic E-state index is 11.1. The van der Waals surface area contributed by atoms with Crippen LogP contribution in [0.5, 0.6) is 5.75 Å². The predicted molar refractivity (Wildman–Crippen MR) is 134 cm³/mol. The van der Waals surface area contributed by atoms with E-state index in [4.69, 9.17) is 14.2 Å². The van der Waals surface area contributed by atoms with E-state index in [1.54, 1.807) is 6.07 Å². The lowest BCUT2D eigenvalue weighted by Crippen LogP contribution is -2.32. The summed E-state index contributed by atoms with van der Waals surface area (Å²) in [7, 11) is 1.50. The summed E-state index contributed by atoms with van der Waals surface area (Å²) in [6, 6.07) is 11.2. The topological polar surface area (TPSA) is 146 Å². The van der Waals surface area contributed by atoms with Crippen LogP contribution in [0.2, 0.25) is 0 Å². The summed E-state index contributed by atoms with van der Waals surface area (Å²) in [5, 5.41) is 38.2. The third-order valence-corrected chi connectivity index (χ3v) is 4.96. The van der Waals surface area contributed by atoms with Crippen molar-refractivity contribution >= 4 is 22.7 Å². The molecular formula is C25H30N6O5. The van der Waals surface area contributed by atoms with Crippen LogP contribution in [0.4, 0.5) is 22.7 Å². The number of hydrogen-bond donors (Lipinski definition) is 0. The summed E-state index contributed by atoms with van der Waals surface area (Å²) in [6.07, 6.45) is 0.235. The molecule has 0 amide bonds. The number of nitro benzene ring substituents is 1. The molecule has 0 radical (unpaired) electrons. The number of rotatable bonds is 13. The third-order valence-electron chi connectivity index (χ3n) is 4.96. The van der Waals surface area contributed by atoms with Gasteiger partial charge in [0.15, 0.2) is 0 Å². The molecule has 0 bridgehead atoms. The average molecular weight is 495 g/mol. The van der Waals surface area contributed by atoms with E-state index in [-0.39, 0.29) is 34.7 Å². The van der Waals surface area contributed by atoms with Crippen LogP contribution in [0.15, 0.2) is 40.6 Å². The minimum atomic E-state index is -0.672. The van der Waals surface area contributed by atoms with Crippen LogP contribution in [-0.4, -0.2) is 50.5 Å². The lowest BCUT2D eigenvalue weighted by Gasteiger charge is -2.26. The standard InChI is InChI=1S/C25H30N6O5/c1-17(2)35-10-8-30(9-11-36-18(3)4)21-6-7-23(24(14-21)34-5)28-29-25-19(15-26)12-22(31(32)33)13-20(25)16-27/h6-7,12-14,17-18H,8-11H2,1-5H3. The Morgan fingerprint density at radius 3 is 1.97 bits per heavy atom. The van der Waals surface area contributed by atoms with Crippen LogP contribution < -0.4 is 9.64 Å². The Hall–Kier alpha value is -4.06. The molecule has 36 heavy (non-hydrogen) atoms. The largest absolute Gasteiger partial charge is 0.494 e. The molecule has 0 spiro atoms. The molecule has 11 heteroatoms. The summed E-state index contributed by atoms with van der Waals surface area (Å²) < 4.78 is 16.9. The molecular weight excluding hydrogens is 464 g/mol. The van der Waals surface area contributed by atoms with Gasteiger partial charge < -0.3 is 19.1 Å². The number of benzene rings is 2. The zero-order chi connectivity index (χ0) is 26.7. The van der Waals surface area contributed by atoms with Gasteiger partial charge in [-0.25, -0.2) is 0 Å². The Kier molecular flexibility index (Phi) is 10.7. The molecule has 0 aliphatic rings. The van der Waals surface area contributed by atoms with E-state index in [1.165, 1.54) is 7.11 Å². The van der Waals surface area contributed by atoms with Crippen LogP contribution in [-0.2, 0) is 9.47 Å². The number of non-ortho nitro benzene ring substituents is 1. The van der Waals surface area contributed by atoms with Gasteiger partial charge in [-0.05, 0) is 39.8 Å². The van der Waals surface area contributed by atoms with Crippen molar-refractivity contribution in [3.8, 4) is 17.9 Å². The minimum Gasteiger partial charge on any atom is -0.494 e. The highest BCUT2D eigenvalue weighted by Gasteiger charge is 2.17. The number of hydrogen-bond acceptors (Lipinski definition) is 10. The number of ether oxygens (including phenoxy) is 3. The van der Waals surface area contributed by atoms with Crippen molar-refractivity contribution in [3.63, 3.8) is 0 Å². The molecule has 2 aromatic carbocycles. The third kappa shape index (κ3) is 8.01. The van der Waals surface area contributed by atoms with E-state index in [0.29, 0.717) is 37.7 Å². The molecule has 0 heterocycles. The van der Waals surface area contributed by atoms with Crippen molar-refractivity contribution in [2.24, 2.45) is 10.2 Å². The monoisotopic (exact) mass is 494 g/mol. The molecule has 0 aromatic heterocycles. The molecule has 0 saturated carbocycles. The van der Waals surface area contributed by atoms with Gasteiger partial charge in [0.25, 0.3) is 5.69 Å². The molecule has 11 nitrogen and oxygen atoms in total. The maximum absolute atomic E-state index is 11.1. The van der Waals surface area contributed by atoms with Crippen LogP contribution in [0.25, 0.3) is 0 Å². The number of nitrogens with zero attached hydrogens (tertiary/aromatic N) is 6. The Balaban J connectivity index is 2.37. The van der Waals surface area contributed by atoms with Gasteiger partial charge in [0.2, 0.25) is 0 Å². The van der Waals surface area contributed by atoms with E-state index in [9.17, 15) is 20.6 Å². The summed E-state index contributed by atoms with van der Waals surface area (Å²) in [5.74, 6) is 0.426. The highest BCUT2D eigenvalue weighted by molar-refractivity contribution is 5.68. The molecule has 0 N–H and O–H groups in total. The summed E-state index contributed by atoms with van der Waals surface area (Å²) in [4.78, 5) is 12.5. The zero-order valence-corrected chi connectivity index (χ0v) is 21.1. The first kappa shape index (κ1) is 28.2. The number of methoxy groups -OCH3 is 1. The Bertz CT molecular complexity index is 1120. The maximum Gasteiger partial charge on any atom is 0.272 e. The second kappa shape index (κ2) is 13.7. The number of azo groups is 1. The van der Waals surface area contributed by atoms with Crippen molar-refractivity contribution in [2.45, 2.75) is 39.9 Å². The Morgan fingerprint density at radius 1 is 0.972 bits per heavy atom. The summed E-state index contributed by atoms with van der Waals surface area (Å²) in [5.41, 5.74) is 0.575. The van der Waals surface area contributed by atoms with E-state index >= 15 is 0 Å². The van der Waals surface area contributed by atoms with Crippen LogP contribution >= 0.6 is 0 Å². The first-order valence-corrected chi connectivity index (χ1v) is 11.4. The molecule has 0 unspecified atom stereocenters. The van der Waals surface area contributed by atoms with E-state index in [2.05, 4.69) is 15.1 Å². The lowest BCUT2D eigenvalue weighted by molar-refractivity contribution is -0.384. The van der Waals surface area contributed by atoms with Crippen molar-refractivity contribution < 1.29 is 19.1 Å². The smallest absolute Gasteiger partial charge is 0.272 e. The Labute approximate surface area is 210 Å². The van der Waals surface area contributed by atoms with Crippen molar-refractivity contribution in [1.29, 1.82) is 10.5 Å². The second-order valence-electron chi connectivity index (χ2n) is 8.25. The molecule has 0 atom stereocenters. The van der Waals surface area contributed by atoms with Gasteiger partial charge in [0, 0.05) is 37.0 Å². The average Bonchev–Trinajstić information content (AvgIpc) is 2.85. The fourth-order valence-corrected chi connectivity index (χ4v) is 3.22. The molecule has 0 fully saturated rings. The number of nitriles is 2. The zero-order valence-electron chi connectivity index (χ0n) is 21.1. The quantitative estimate of drug-likeness (QED) is 0.204. The molecule has 2 aromatic rings. The molecule has 0 saturated heterocycles. The summed E-state index contributed by atoms with van der Waals surface area (Å²) in [6.45, 7) is 10.3. The molecule has 190 valence electrons. The summed E-state index contributed by atoms with van der Waals surface area (Å²) >= 11 is 0. The van der Waals surface area contributed by atoms with E-state index < -0.39 is 4.92 Å². The lowest BCUT2D eigenvalue weighted by atomic mass is 10.1. The van der Waals surface area contributed by atoms with Gasteiger partial charge in [-0.15, -0.1) is 10.2 Å². The van der Waals surface area contributed by atoms with Crippen LogP contribution in [0, 0.1) is 32.8 Å². The number of anilines is 1. The van der Waals surface area contributed by atoms with Gasteiger partial charge in [-0.1, -0.05) is 0 Å². The van der Waals surface area contributed by atoms with Crippen molar-refractivity contribution in [3.05, 3.63) is 51.6 Å². The van der Waals surface area contributed by atoms with E-state index in [1.807, 2.05) is 52.0 Å². The van der Waals surface area contributed by atoms with Crippen molar-refractivity contribution in [2.75, 3.05) is 38.3 Å². The van der Waals surface area contributed by atoms with Crippen molar-refractivity contribution in [1.82, 2.24) is 0 Å². The Morgan fingerprint density at radius 2 is 1.53 bits per heavy atom. The fraction of sp³-hybridized carbons (Fsp3) is 0.440. The van der Waals surface area contributed by atoms with Gasteiger partial charge in [0.05, 0.1) is 48.6 Å². The molecule has 0 aliphatic carbocycles. The minimum absolute atomic E-state index is 0.0463. The SMILES string of the molecule is COc1cc(N(CCOC(C)C)CCOC(C)C)ccc1N=Nc1c(C#N)cc([N+](=O)[O-])cc1C#N.